The Bertz CT molecular complexity index is 421. The van der Waals surface area contributed by atoms with Gasteiger partial charge in [-0.05, 0) is 25.7 Å². The summed E-state index contributed by atoms with van der Waals surface area (Å²) in [7, 11) is 0. The highest BCUT2D eigenvalue weighted by molar-refractivity contribution is 5.30. The maximum atomic E-state index is 5.53. The summed E-state index contributed by atoms with van der Waals surface area (Å²) >= 11 is 0. The molecule has 1 saturated carbocycles. The van der Waals surface area contributed by atoms with Gasteiger partial charge in [-0.2, -0.15) is 4.98 Å². The van der Waals surface area contributed by atoms with Gasteiger partial charge in [-0.25, -0.2) is 0 Å². The van der Waals surface area contributed by atoms with E-state index in [4.69, 9.17) is 9.26 Å². The molecule has 3 fully saturated rings. The van der Waals surface area contributed by atoms with Crippen LogP contribution in [0.25, 0.3) is 0 Å². The molecule has 5 nitrogen and oxygen atoms in total. The van der Waals surface area contributed by atoms with Gasteiger partial charge >= 0.3 is 6.01 Å². The fraction of sp³-hybridized carbons (Fsp3) is 0.833. The Hall–Kier alpha value is -1.10. The van der Waals surface area contributed by atoms with Crippen LogP contribution in [0.4, 0.5) is 6.01 Å². The van der Waals surface area contributed by atoms with Crippen LogP contribution in [0.1, 0.15) is 37.4 Å². The minimum atomic E-state index is 0.355. The van der Waals surface area contributed by atoms with Crippen molar-refractivity contribution < 1.29 is 9.26 Å². The molecule has 1 aromatic heterocycles. The van der Waals surface area contributed by atoms with Crippen molar-refractivity contribution in [1.29, 1.82) is 0 Å². The Balaban J connectivity index is 1.51. The molecule has 2 saturated heterocycles. The topological polar surface area (TPSA) is 51.4 Å². The Morgan fingerprint density at radius 3 is 3.00 bits per heavy atom. The average Bonchev–Trinajstić information content (AvgIpc) is 2.84. The zero-order valence-corrected chi connectivity index (χ0v) is 9.89. The number of aromatic nitrogens is 2. The van der Waals surface area contributed by atoms with Gasteiger partial charge in [0, 0.05) is 31.0 Å². The monoisotopic (exact) mass is 235 g/mol. The quantitative estimate of drug-likeness (QED) is 0.778. The lowest BCUT2D eigenvalue weighted by Crippen LogP contribution is -2.27. The van der Waals surface area contributed by atoms with E-state index < -0.39 is 0 Å². The smallest absolute Gasteiger partial charge is 0.324 e. The van der Waals surface area contributed by atoms with Crippen LogP contribution in [0.5, 0.6) is 0 Å². The summed E-state index contributed by atoms with van der Waals surface area (Å²) in [4.78, 5) is 6.75. The van der Waals surface area contributed by atoms with Crippen LogP contribution in [0, 0.1) is 5.41 Å². The molecule has 0 N–H and O–H groups in total. The number of anilines is 1. The molecule has 92 valence electrons. The van der Waals surface area contributed by atoms with Crippen molar-refractivity contribution >= 4 is 6.01 Å². The molecule has 4 rings (SSSR count). The van der Waals surface area contributed by atoms with E-state index in [-0.39, 0.29) is 0 Å². The first-order chi connectivity index (χ1) is 8.35. The van der Waals surface area contributed by atoms with Crippen molar-refractivity contribution in [3.8, 4) is 0 Å². The first-order valence-electron chi connectivity index (χ1n) is 6.51. The van der Waals surface area contributed by atoms with Gasteiger partial charge in [0.25, 0.3) is 0 Å². The van der Waals surface area contributed by atoms with Crippen LogP contribution in [0.2, 0.25) is 0 Å². The highest BCUT2D eigenvalue weighted by Crippen LogP contribution is 2.41. The summed E-state index contributed by atoms with van der Waals surface area (Å²) in [6.07, 6.45) is 4.80. The third kappa shape index (κ3) is 1.64. The molecule has 0 bridgehead atoms. The Labute approximate surface area is 100 Å². The minimum Gasteiger partial charge on any atom is -0.381 e. The summed E-state index contributed by atoms with van der Waals surface area (Å²) in [6, 6.07) is 0.718. The van der Waals surface area contributed by atoms with Crippen molar-refractivity contribution in [2.24, 2.45) is 5.41 Å². The molecule has 5 heteroatoms. The molecule has 0 amide bonds. The molecule has 1 atom stereocenters. The molecular formula is C12H17N3O2. The van der Waals surface area contributed by atoms with Gasteiger partial charge in [0.1, 0.15) is 0 Å². The first-order valence-corrected chi connectivity index (χ1v) is 6.51. The van der Waals surface area contributed by atoms with Crippen LogP contribution in [0.3, 0.4) is 0 Å². The average molecular weight is 235 g/mol. The summed E-state index contributed by atoms with van der Waals surface area (Å²) in [5.41, 5.74) is 0.355. The van der Waals surface area contributed by atoms with E-state index in [2.05, 4.69) is 15.0 Å². The van der Waals surface area contributed by atoms with Crippen LogP contribution < -0.4 is 4.90 Å². The standard InChI is InChI=1S/C12H17N3O2/c1-2-9(1)10-13-11(17-14-10)15-5-3-12(7-15)4-6-16-8-12/h9H,1-8H2/t12-/m0/s1. The van der Waals surface area contributed by atoms with Crippen LogP contribution >= 0.6 is 0 Å². The van der Waals surface area contributed by atoms with Crippen molar-refractivity contribution in [2.45, 2.75) is 31.6 Å². The van der Waals surface area contributed by atoms with Gasteiger partial charge < -0.3 is 14.2 Å². The predicted molar refractivity (Wildman–Crippen MR) is 61.0 cm³/mol. The van der Waals surface area contributed by atoms with E-state index in [0.717, 1.165) is 38.1 Å². The lowest BCUT2D eigenvalue weighted by Gasteiger charge is -2.20. The van der Waals surface area contributed by atoms with Gasteiger partial charge in [0.15, 0.2) is 5.82 Å². The minimum absolute atomic E-state index is 0.355. The number of ether oxygens (including phenoxy) is 1. The van der Waals surface area contributed by atoms with E-state index >= 15 is 0 Å². The fourth-order valence-electron chi connectivity index (χ4n) is 2.93. The predicted octanol–water partition coefficient (Wildman–Crippen LogP) is 1.56. The van der Waals surface area contributed by atoms with Crippen LogP contribution in [-0.2, 0) is 4.74 Å². The number of hydrogen-bond donors (Lipinski definition) is 0. The number of rotatable bonds is 2. The SMILES string of the molecule is C1C[C@]2(CCN(c3nc(C4CC4)no3)C2)CO1. The van der Waals surface area contributed by atoms with E-state index in [1.54, 1.807) is 0 Å². The second-order valence-corrected chi connectivity index (χ2v) is 5.68. The maximum Gasteiger partial charge on any atom is 0.324 e. The Kier molecular flexibility index (Phi) is 2.00. The molecule has 2 aliphatic heterocycles. The highest BCUT2D eigenvalue weighted by Gasteiger charge is 2.43. The van der Waals surface area contributed by atoms with E-state index in [1.807, 2.05) is 0 Å². The molecule has 3 aliphatic rings. The first kappa shape index (κ1) is 9.88. The summed E-state index contributed by atoms with van der Waals surface area (Å²) in [5.74, 6) is 1.47. The Morgan fingerprint density at radius 2 is 2.24 bits per heavy atom. The second-order valence-electron chi connectivity index (χ2n) is 5.68. The van der Waals surface area contributed by atoms with E-state index in [9.17, 15) is 0 Å². The molecule has 0 unspecified atom stereocenters. The normalized spacial score (nSPS) is 32.8. The fourth-order valence-corrected chi connectivity index (χ4v) is 2.93. The van der Waals surface area contributed by atoms with Crippen molar-refractivity contribution in [3.63, 3.8) is 0 Å². The molecule has 0 aromatic carbocycles. The van der Waals surface area contributed by atoms with E-state index in [0.29, 0.717) is 11.3 Å². The van der Waals surface area contributed by atoms with Gasteiger partial charge in [0.2, 0.25) is 0 Å². The zero-order valence-electron chi connectivity index (χ0n) is 9.89. The molecule has 0 radical (unpaired) electrons. The largest absolute Gasteiger partial charge is 0.381 e. The van der Waals surface area contributed by atoms with Crippen molar-refractivity contribution in [3.05, 3.63) is 5.82 Å². The van der Waals surface area contributed by atoms with Gasteiger partial charge in [0.05, 0.1) is 6.61 Å². The van der Waals surface area contributed by atoms with Gasteiger partial charge in [-0.3, -0.25) is 0 Å². The maximum absolute atomic E-state index is 5.53. The zero-order chi connectivity index (χ0) is 11.3. The molecular weight excluding hydrogens is 218 g/mol. The molecule has 17 heavy (non-hydrogen) atoms. The van der Waals surface area contributed by atoms with Crippen molar-refractivity contribution in [2.75, 3.05) is 31.2 Å². The van der Waals surface area contributed by atoms with Crippen LogP contribution in [0.15, 0.2) is 4.52 Å². The molecule has 1 aliphatic carbocycles. The van der Waals surface area contributed by atoms with Crippen LogP contribution in [-0.4, -0.2) is 36.4 Å². The summed E-state index contributed by atoms with van der Waals surface area (Å²) in [6.45, 7) is 3.84. The summed E-state index contributed by atoms with van der Waals surface area (Å²) in [5, 5.41) is 4.08. The number of hydrogen-bond acceptors (Lipinski definition) is 5. The lowest BCUT2D eigenvalue weighted by molar-refractivity contribution is 0.160. The molecule has 3 heterocycles. The third-order valence-corrected chi connectivity index (χ3v) is 4.27. The van der Waals surface area contributed by atoms with Gasteiger partial charge in [-0.1, -0.05) is 5.16 Å². The third-order valence-electron chi connectivity index (χ3n) is 4.27. The summed E-state index contributed by atoms with van der Waals surface area (Å²) < 4.78 is 10.9. The molecule has 1 aromatic rings. The second kappa shape index (κ2) is 3.45. The lowest BCUT2D eigenvalue weighted by atomic mass is 9.87. The Morgan fingerprint density at radius 1 is 1.29 bits per heavy atom. The molecule has 1 spiro atoms. The van der Waals surface area contributed by atoms with E-state index in [1.165, 1.54) is 25.7 Å². The van der Waals surface area contributed by atoms with Crippen molar-refractivity contribution in [1.82, 2.24) is 10.1 Å². The number of nitrogens with zero attached hydrogens (tertiary/aromatic N) is 3. The highest BCUT2D eigenvalue weighted by atomic mass is 16.5. The van der Waals surface area contributed by atoms with Gasteiger partial charge in [-0.15, -0.1) is 0 Å².